The van der Waals surface area contributed by atoms with E-state index in [9.17, 15) is 38.2 Å². The van der Waals surface area contributed by atoms with Crippen LogP contribution in [-0.4, -0.2) is 15.9 Å². The summed E-state index contributed by atoms with van der Waals surface area (Å²) >= 11 is 0. The minimum absolute atomic E-state index is 0.165. The van der Waals surface area contributed by atoms with Crippen molar-refractivity contribution in [1.82, 2.24) is 5.43 Å². The lowest BCUT2D eigenvalue weighted by Gasteiger charge is -2.12. The van der Waals surface area contributed by atoms with E-state index in [0.717, 1.165) is 24.3 Å². The first-order valence-electron chi connectivity index (χ1n) is 7.01. The second-order valence-corrected chi connectivity index (χ2v) is 5.00. The van der Waals surface area contributed by atoms with Gasteiger partial charge in [0.05, 0.1) is 21.5 Å². The van der Waals surface area contributed by atoms with E-state index in [0.29, 0.717) is 12.1 Å². The molecule has 27 heavy (non-hydrogen) atoms. The Bertz CT molecular complexity index is 903. The third-order valence-electron chi connectivity index (χ3n) is 3.15. The summed E-state index contributed by atoms with van der Waals surface area (Å²) in [7, 11) is 0. The molecular weight excluding hydrogens is 375 g/mol. The maximum Gasteiger partial charge on any atom is 0.416 e. The molecule has 2 aromatic carbocycles. The molecule has 0 bridgehead atoms. The number of rotatable bonds is 5. The number of hydrazine groups is 1. The van der Waals surface area contributed by atoms with Crippen LogP contribution in [0, 0.1) is 20.2 Å². The van der Waals surface area contributed by atoms with Crippen LogP contribution in [0.4, 0.5) is 40.7 Å². The molecule has 0 radical (unpaired) electrons. The summed E-state index contributed by atoms with van der Waals surface area (Å²) in [6.07, 6.45) is -4.59. The molecule has 3 N–H and O–H groups in total. The van der Waals surface area contributed by atoms with Crippen LogP contribution in [0.2, 0.25) is 0 Å². The van der Waals surface area contributed by atoms with Crippen LogP contribution in [0.1, 0.15) is 5.56 Å². The number of hydrogen-bond donors (Lipinski definition) is 3. The van der Waals surface area contributed by atoms with E-state index in [1.807, 2.05) is 5.43 Å². The molecule has 0 saturated carbocycles. The molecule has 2 rings (SSSR count). The molecule has 142 valence electrons. The quantitative estimate of drug-likeness (QED) is 0.530. The molecule has 0 spiro atoms. The highest BCUT2D eigenvalue weighted by Gasteiger charge is 2.30. The van der Waals surface area contributed by atoms with Crippen molar-refractivity contribution in [2.24, 2.45) is 0 Å². The monoisotopic (exact) mass is 385 g/mol. The number of nitrogens with zero attached hydrogens (tertiary/aromatic N) is 2. The Morgan fingerprint density at radius 1 is 1.00 bits per heavy atom. The smallest absolute Gasteiger partial charge is 0.307 e. The molecule has 0 heterocycles. The number of nitrogens with one attached hydrogen (secondary N) is 3. The number of hydrogen-bond acceptors (Lipinski definition) is 6. The lowest BCUT2D eigenvalue weighted by atomic mass is 10.2. The van der Waals surface area contributed by atoms with Gasteiger partial charge in [-0.3, -0.25) is 31.1 Å². The van der Waals surface area contributed by atoms with Crippen LogP contribution in [0.15, 0.2) is 42.5 Å². The average Bonchev–Trinajstić information content (AvgIpc) is 2.59. The molecule has 0 saturated heterocycles. The van der Waals surface area contributed by atoms with Gasteiger partial charge in [0.2, 0.25) is 0 Å². The van der Waals surface area contributed by atoms with Gasteiger partial charge in [-0.05, 0) is 24.3 Å². The number of alkyl halides is 3. The Balaban J connectivity index is 2.08. The minimum Gasteiger partial charge on any atom is -0.307 e. The Hall–Kier alpha value is -3.90. The van der Waals surface area contributed by atoms with Crippen molar-refractivity contribution in [2.75, 3.05) is 10.7 Å². The van der Waals surface area contributed by atoms with Crippen LogP contribution in [-0.2, 0) is 6.18 Å². The summed E-state index contributed by atoms with van der Waals surface area (Å²) in [6.45, 7) is 0. The highest BCUT2D eigenvalue weighted by Crippen LogP contribution is 2.31. The van der Waals surface area contributed by atoms with Gasteiger partial charge in [-0.25, -0.2) is 4.79 Å². The van der Waals surface area contributed by atoms with Crippen molar-refractivity contribution < 1.29 is 27.8 Å². The van der Waals surface area contributed by atoms with E-state index in [2.05, 4.69) is 10.7 Å². The van der Waals surface area contributed by atoms with Crippen molar-refractivity contribution >= 4 is 28.8 Å². The Morgan fingerprint density at radius 3 is 2.30 bits per heavy atom. The number of urea groups is 1. The fraction of sp³-hybridized carbons (Fsp3) is 0.0714. The number of halogens is 3. The second-order valence-electron chi connectivity index (χ2n) is 5.00. The van der Waals surface area contributed by atoms with Gasteiger partial charge in [-0.1, -0.05) is 6.07 Å². The fourth-order valence-electron chi connectivity index (χ4n) is 1.95. The van der Waals surface area contributed by atoms with Crippen molar-refractivity contribution in [3.8, 4) is 0 Å². The van der Waals surface area contributed by atoms with Gasteiger partial charge in [-0.2, -0.15) is 13.2 Å². The van der Waals surface area contributed by atoms with Gasteiger partial charge in [0, 0.05) is 11.8 Å². The van der Waals surface area contributed by atoms with Crippen molar-refractivity contribution in [3.63, 3.8) is 0 Å². The molecule has 13 heteroatoms. The third-order valence-corrected chi connectivity index (χ3v) is 3.15. The van der Waals surface area contributed by atoms with Crippen LogP contribution in [0.25, 0.3) is 0 Å². The number of non-ortho nitro benzene ring substituents is 1. The van der Waals surface area contributed by atoms with Gasteiger partial charge in [0.25, 0.3) is 5.69 Å². The zero-order valence-electron chi connectivity index (χ0n) is 13.1. The van der Waals surface area contributed by atoms with Crippen molar-refractivity contribution in [3.05, 3.63) is 68.3 Å². The predicted octanol–water partition coefficient (Wildman–Crippen LogP) is 3.67. The first-order valence-corrected chi connectivity index (χ1v) is 7.01. The highest BCUT2D eigenvalue weighted by atomic mass is 19.4. The Morgan fingerprint density at radius 2 is 1.70 bits per heavy atom. The normalized spacial score (nSPS) is 10.8. The molecule has 0 aliphatic rings. The third kappa shape index (κ3) is 5.04. The Kier molecular flexibility index (Phi) is 5.43. The van der Waals surface area contributed by atoms with Crippen molar-refractivity contribution in [1.29, 1.82) is 0 Å². The van der Waals surface area contributed by atoms with E-state index in [-0.39, 0.29) is 11.4 Å². The van der Waals surface area contributed by atoms with E-state index >= 15 is 0 Å². The topological polar surface area (TPSA) is 139 Å². The number of anilines is 2. The summed E-state index contributed by atoms with van der Waals surface area (Å²) < 4.78 is 37.9. The summed E-state index contributed by atoms with van der Waals surface area (Å²) in [5.74, 6) is 0. The summed E-state index contributed by atoms with van der Waals surface area (Å²) in [4.78, 5) is 31.7. The molecule has 10 nitrogen and oxygen atoms in total. The molecule has 0 aliphatic carbocycles. The number of amides is 2. The number of benzene rings is 2. The van der Waals surface area contributed by atoms with Gasteiger partial charge in [-0.15, -0.1) is 0 Å². The van der Waals surface area contributed by atoms with Gasteiger partial charge >= 0.3 is 17.9 Å². The van der Waals surface area contributed by atoms with Gasteiger partial charge < -0.3 is 5.32 Å². The predicted molar refractivity (Wildman–Crippen MR) is 87.0 cm³/mol. The highest BCUT2D eigenvalue weighted by molar-refractivity contribution is 5.90. The Labute approximate surface area is 148 Å². The van der Waals surface area contributed by atoms with E-state index in [1.165, 1.54) is 6.07 Å². The summed E-state index contributed by atoms with van der Waals surface area (Å²) in [6, 6.07) is 5.48. The van der Waals surface area contributed by atoms with E-state index < -0.39 is 39.0 Å². The lowest BCUT2D eigenvalue weighted by Crippen LogP contribution is -2.33. The van der Waals surface area contributed by atoms with Crippen LogP contribution in [0.3, 0.4) is 0 Å². The first kappa shape index (κ1) is 19.4. The zero-order valence-corrected chi connectivity index (χ0v) is 13.1. The van der Waals surface area contributed by atoms with E-state index in [1.54, 1.807) is 0 Å². The largest absolute Gasteiger partial charge is 0.416 e. The number of carbonyl (C=O) groups is 1. The molecule has 0 aromatic heterocycles. The second kappa shape index (κ2) is 7.55. The summed E-state index contributed by atoms with van der Waals surface area (Å²) in [5, 5.41) is 23.7. The number of carbonyl (C=O) groups excluding carboxylic acids is 1. The average molecular weight is 385 g/mol. The first-order chi connectivity index (χ1) is 12.6. The maximum absolute atomic E-state index is 12.6. The van der Waals surface area contributed by atoms with Crippen LogP contribution < -0.4 is 16.2 Å². The molecular formula is C14H10F3N5O5. The van der Waals surface area contributed by atoms with Crippen LogP contribution >= 0.6 is 0 Å². The number of nitro benzene ring substituents is 2. The summed E-state index contributed by atoms with van der Waals surface area (Å²) in [5.41, 5.74) is 1.57. The maximum atomic E-state index is 12.6. The SMILES string of the molecule is O=C(NNc1ccc([N+](=O)[O-])cc1[N+](=O)[O-])Nc1cccc(C(F)(F)F)c1. The molecule has 2 amide bonds. The standard InChI is InChI=1S/C14H10F3N5O5/c15-14(16,17)8-2-1-3-9(6-8)18-13(23)20-19-11-5-4-10(21(24)25)7-12(11)22(26)27/h1-7,19H,(H2,18,20,23). The van der Waals surface area contributed by atoms with E-state index in [4.69, 9.17) is 0 Å². The van der Waals surface area contributed by atoms with Gasteiger partial charge in [0.15, 0.2) is 0 Å². The van der Waals surface area contributed by atoms with Gasteiger partial charge in [0.1, 0.15) is 5.69 Å². The molecule has 2 aromatic rings. The molecule has 0 atom stereocenters. The zero-order chi connectivity index (χ0) is 20.2. The van der Waals surface area contributed by atoms with Crippen molar-refractivity contribution in [2.45, 2.75) is 6.18 Å². The molecule has 0 aliphatic heterocycles. The number of nitro groups is 2. The van der Waals surface area contributed by atoms with Crippen LogP contribution in [0.5, 0.6) is 0 Å². The lowest BCUT2D eigenvalue weighted by molar-refractivity contribution is -0.393. The minimum atomic E-state index is -4.59. The molecule has 0 fully saturated rings. The molecule has 0 unspecified atom stereocenters. The fourth-order valence-corrected chi connectivity index (χ4v) is 1.95.